The summed E-state index contributed by atoms with van der Waals surface area (Å²) in [6.45, 7) is 1.95. The van der Waals surface area contributed by atoms with Crippen LogP contribution in [0.2, 0.25) is 10.0 Å². The van der Waals surface area contributed by atoms with E-state index in [-0.39, 0.29) is 44.3 Å². The monoisotopic (exact) mass is 516 g/mol. The van der Waals surface area contributed by atoms with Gasteiger partial charge in [0.25, 0.3) is 5.91 Å². The maximum atomic E-state index is 12.6. The van der Waals surface area contributed by atoms with Gasteiger partial charge in [0.2, 0.25) is 0 Å². The molecule has 0 heterocycles. The fraction of sp³-hybridized carbons (Fsp3) is 0.0833. The van der Waals surface area contributed by atoms with Crippen LogP contribution in [-0.4, -0.2) is 20.9 Å². The molecule has 0 bridgehead atoms. The molecule has 34 heavy (non-hydrogen) atoms. The van der Waals surface area contributed by atoms with Gasteiger partial charge in [-0.1, -0.05) is 53.5 Å². The number of hydrogen-bond donors (Lipinski definition) is 1. The standard InChI is InChI=1S/C24H18Cl2N2O5S/c1-2-32-22-14-16(11-12-21(22)33-34(30,31)18-7-4-3-5-8-18)13-17(15-27)24(29)28-20-10-6-9-19(25)23(20)26/h3-14H,2H2,1H3,(H,28,29)/b17-13+. The Balaban J connectivity index is 1.89. The highest BCUT2D eigenvalue weighted by molar-refractivity contribution is 7.87. The van der Waals surface area contributed by atoms with Crippen LogP contribution in [0.25, 0.3) is 6.08 Å². The van der Waals surface area contributed by atoms with Crippen LogP contribution in [0.15, 0.2) is 77.2 Å². The third kappa shape index (κ3) is 6.08. The number of halogens is 2. The number of nitrogens with one attached hydrogen (secondary N) is 1. The molecule has 3 aromatic carbocycles. The predicted octanol–water partition coefficient (Wildman–Crippen LogP) is 5.71. The van der Waals surface area contributed by atoms with Crippen LogP contribution in [0.3, 0.4) is 0 Å². The fourth-order valence-electron chi connectivity index (χ4n) is 2.81. The lowest BCUT2D eigenvalue weighted by Gasteiger charge is -2.13. The molecule has 7 nitrogen and oxygen atoms in total. The molecule has 0 spiro atoms. The molecule has 0 aliphatic carbocycles. The predicted molar refractivity (Wildman–Crippen MR) is 131 cm³/mol. The number of carbonyl (C=O) groups is 1. The third-order valence-corrected chi connectivity index (χ3v) is 6.44. The number of nitriles is 1. The van der Waals surface area contributed by atoms with E-state index in [2.05, 4.69) is 5.32 Å². The highest BCUT2D eigenvalue weighted by Crippen LogP contribution is 2.32. The van der Waals surface area contributed by atoms with Crippen molar-refractivity contribution in [2.45, 2.75) is 11.8 Å². The van der Waals surface area contributed by atoms with Crippen LogP contribution in [0, 0.1) is 11.3 Å². The van der Waals surface area contributed by atoms with Gasteiger partial charge in [-0.25, -0.2) is 0 Å². The zero-order valence-electron chi connectivity index (χ0n) is 17.8. The topological polar surface area (TPSA) is 105 Å². The van der Waals surface area contributed by atoms with Gasteiger partial charge in [0.1, 0.15) is 16.5 Å². The summed E-state index contributed by atoms with van der Waals surface area (Å²) in [5.74, 6) is -0.598. The van der Waals surface area contributed by atoms with Gasteiger partial charge in [-0.15, -0.1) is 0 Å². The SMILES string of the molecule is CCOc1cc(/C=C(\C#N)C(=O)Nc2cccc(Cl)c2Cl)ccc1OS(=O)(=O)c1ccccc1. The molecule has 0 unspecified atom stereocenters. The Hall–Kier alpha value is -3.51. The number of nitrogens with zero attached hydrogens (tertiary/aromatic N) is 1. The van der Waals surface area contributed by atoms with E-state index in [0.29, 0.717) is 5.56 Å². The van der Waals surface area contributed by atoms with Gasteiger partial charge in [0.15, 0.2) is 11.5 Å². The summed E-state index contributed by atoms with van der Waals surface area (Å²) >= 11 is 12.0. The van der Waals surface area contributed by atoms with Crippen molar-refractivity contribution in [2.75, 3.05) is 11.9 Å². The Labute approximate surface area is 207 Å². The number of benzene rings is 3. The maximum absolute atomic E-state index is 12.6. The largest absolute Gasteiger partial charge is 0.490 e. The van der Waals surface area contributed by atoms with Gasteiger partial charge >= 0.3 is 10.1 Å². The lowest BCUT2D eigenvalue weighted by Crippen LogP contribution is -2.14. The second kappa shape index (κ2) is 11.1. The summed E-state index contributed by atoms with van der Waals surface area (Å²) in [5.41, 5.74) is 0.450. The van der Waals surface area contributed by atoms with Crippen LogP contribution >= 0.6 is 23.2 Å². The molecule has 174 valence electrons. The number of carbonyl (C=O) groups excluding carboxylic acids is 1. The van der Waals surface area contributed by atoms with Gasteiger partial charge in [-0.2, -0.15) is 13.7 Å². The van der Waals surface area contributed by atoms with E-state index >= 15 is 0 Å². The van der Waals surface area contributed by atoms with Crippen molar-refractivity contribution in [3.63, 3.8) is 0 Å². The highest BCUT2D eigenvalue weighted by atomic mass is 35.5. The lowest BCUT2D eigenvalue weighted by atomic mass is 10.1. The van der Waals surface area contributed by atoms with E-state index in [1.54, 1.807) is 43.3 Å². The molecular weight excluding hydrogens is 499 g/mol. The van der Waals surface area contributed by atoms with E-state index in [0.717, 1.165) is 0 Å². The molecule has 1 N–H and O–H groups in total. The highest BCUT2D eigenvalue weighted by Gasteiger charge is 2.19. The minimum atomic E-state index is -4.09. The van der Waals surface area contributed by atoms with Crippen LogP contribution in [0.5, 0.6) is 11.5 Å². The average molecular weight is 517 g/mol. The zero-order chi connectivity index (χ0) is 24.7. The summed E-state index contributed by atoms with van der Waals surface area (Å²) in [4.78, 5) is 12.6. The number of ether oxygens (including phenoxy) is 1. The van der Waals surface area contributed by atoms with Gasteiger partial charge in [0.05, 0.1) is 22.3 Å². The Bertz CT molecular complexity index is 1380. The Morgan fingerprint density at radius 3 is 2.47 bits per heavy atom. The number of anilines is 1. The number of hydrogen-bond acceptors (Lipinski definition) is 6. The van der Waals surface area contributed by atoms with E-state index in [1.165, 1.54) is 36.4 Å². The first kappa shape index (κ1) is 25.1. The molecular formula is C24H18Cl2N2O5S. The van der Waals surface area contributed by atoms with Crippen molar-refractivity contribution in [2.24, 2.45) is 0 Å². The second-order valence-corrected chi connectivity index (χ2v) is 9.05. The van der Waals surface area contributed by atoms with Crippen molar-refractivity contribution in [3.05, 3.63) is 87.9 Å². The van der Waals surface area contributed by atoms with Gasteiger partial charge in [-0.05, 0) is 55.0 Å². The van der Waals surface area contributed by atoms with Crippen molar-refractivity contribution < 1.29 is 22.1 Å². The van der Waals surface area contributed by atoms with Crippen LogP contribution in [0.4, 0.5) is 5.69 Å². The minimum absolute atomic E-state index is 0.00969. The lowest BCUT2D eigenvalue weighted by molar-refractivity contribution is -0.112. The molecule has 0 radical (unpaired) electrons. The summed E-state index contributed by atoms with van der Waals surface area (Å²) in [7, 11) is -4.09. The fourth-order valence-corrected chi connectivity index (χ4v) is 4.12. The van der Waals surface area contributed by atoms with Gasteiger partial charge in [-0.3, -0.25) is 4.79 Å². The summed E-state index contributed by atoms with van der Waals surface area (Å²) < 4.78 is 35.9. The van der Waals surface area contributed by atoms with Crippen LogP contribution < -0.4 is 14.2 Å². The normalized spacial score (nSPS) is 11.4. The summed E-state index contributed by atoms with van der Waals surface area (Å²) in [6.07, 6.45) is 1.33. The molecule has 0 aliphatic rings. The molecule has 0 aliphatic heterocycles. The smallest absolute Gasteiger partial charge is 0.339 e. The molecule has 1 amide bonds. The van der Waals surface area contributed by atoms with Crippen LogP contribution in [0.1, 0.15) is 12.5 Å². The van der Waals surface area contributed by atoms with E-state index < -0.39 is 16.0 Å². The van der Waals surface area contributed by atoms with E-state index in [9.17, 15) is 18.5 Å². The Morgan fingerprint density at radius 1 is 1.06 bits per heavy atom. The molecule has 0 fully saturated rings. The van der Waals surface area contributed by atoms with Crippen molar-refractivity contribution in [1.82, 2.24) is 0 Å². The maximum Gasteiger partial charge on any atom is 0.339 e. The third-order valence-electron chi connectivity index (χ3n) is 4.37. The number of amides is 1. The average Bonchev–Trinajstić information content (AvgIpc) is 2.82. The number of rotatable bonds is 8. The molecule has 0 saturated carbocycles. The van der Waals surface area contributed by atoms with E-state index in [4.69, 9.17) is 32.1 Å². The minimum Gasteiger partial charge on any atom is -0.490 e. The molecule has 3 rings (SSSR count). The molecule has 10 heteroatoms. The molecule has 0 atom stereocenters. The molecule has 3 aromatic rings. The first-order chi connectivity index (χ1) is 16.2. The van der Waals surface area contributed by atoms with Crippen molar-refractivity contribution >= 4 is 51.0 Å². The van der Waals surface area contributed by atoms with Crippen molar-refractivity contribution in [3.8, 4) is 17.6 Å². The van der Waals surface area contributed by atoms with Crippen molar-refractivity contribution in [1.29, 1.82) is 5.26 Å². The van der Waals surface area contributed by atoms with Gasteiger partial charge in [0, 0.05) is 0 Å². The van der Waals surface area contributed by atoms with Crippen LogP contribution in [-0.2, 0) is 14.9 Å². The summed E-state index contributed by atoms with van der Waals surface area (Å²) in [6, 6.07) is 18.6. The zero-order valence-corrected chi connectivity index (χ0v) is 20.1. The quantitative estimate of drug-likeness (QED) is 0.233. The second-order valence-electron chi connectivity index (χ2n) is 6.72. The van der Waals surface area contributed by atoms with E-state index in [1.807, 2.05) is 6.07 Å². The Morgan fingerprint density at radius 2 is 1.79 bits per heavy atom. The molecule has 0 saturated heterocycles. The first-order valence-corrected chi connectivity index (χ1v) is 12.0. The Kier molecular flexibility index (Phi) is 8.18. The van der Waals surface area contributed by atoms with Gasteiger partial charge < -0.3 is 14.2 Å². The first-order valence-electron chi connectivity index (χ1n) is 9.88. The summed E-state index contributed by atoms with van der Waals surface area (Å²) in [5, 5.41) is 12.4. The molecule has 0 aromatic heterocycles.